The Balaban J connectivity index is 2.17. The number of ketones is 1. The first-order chi connectivity index (χ1) is 11.4. The minimum atomic E-state index is -0.652. The minimum Gasteiger partial charge on any atom is -0.454 e. The van der Waals surface area contributed by atoms with E-state index in [4.69, 9.17) is 21.1 Å². The second-order valence-corrected chi connectivity index (χ2v) is 5.16. The molecule has 7 nitrogen and oxygen atoms in total. The highest BCUT2D eigenvalue weighted by atomic mass is 35.5. The molecule has 0 aliphatic heterocycles. The lowest BCUT2D eigenvalue weighted by Crippen LogP contribution is -2.11. The summed E-state index contributed by atoms with van der Waals surface area (Å²) in [7, 11) is 0. The SMILES string of the molecule is CC(=O)COC(=O)c1ccc(Oc2c(Cl)cccc2[N+](=O)[O-])cc1. The largest absolute Gasteiger partial charge is 0.454 e. The molecule has 8 heteroatoms. The number of Topliss-reactive ketones (excluding diaryl/α,β-unsaturated/α-hetero) is 1. The van der Waals surface area contributed by atoms with E-state index in [1.54, 1.807) is 0 Å². The van der Waals surface area contributed by atoms with Gasteiger partial charge in [0.15, 0.2) is 5.78 Å². The average Bonchev–Trinajstić information content (AvgIpc) is 2.55. The fourth-order valence-corrected chi connectivity index (χ4v) is 1.98. The Morgan fingerprint density at radius 3 is 2.42 bits per heavy atom. The van der Waals surface area contributed by atoms with Gasteiger partial charge in [0.05, 0.1) is 15.5 Å². The van der Waals surface area contributed by atoms with Crippen LogP contribution in [0.1, 0.15) is 17.3 Å². The zero-order valence-corrected chi connectivity index (χ0v) is 13.3. The first kappa shape index (κ1) is 17.4. The summed E-state index contributed by atoms with van der Waals surface area (Å²) in [5.74, 6) is -0.750. The van der Waals surface area contributed by atoms with Crippen LogP contribution in [-0.4, -0.2) is 23.3 Å². The molecule has 0 spiro atoms. The fourth-order valence-electron chi connectivity index (χ4n) is 1.77. The van der Waals surface area contributed by atoms with Gasteiger partial charge in [-0.15, -0.1) is 0 Å². The van der Waals surface area contributed by atoms with E-state index in [9.17, 15) is 19.7 Å². The summed E-state index contributed by atoms with van der Waals surface area (Å²) in [5, 5.41) is 11.1. The van der Waals surface area contributed by atoms with E-state index in [0.717, 1.165) is 0 Å². The third-order valence-electron chi connectivity index (χ3n) is 2.86. The predicted octanol–water partition coefficient (Wildman–Crippen LogP) is 3.79. The van der Waals surface area contributed by atoms with E-state index < -0.39 is 10.9 Å². The molecule has 0 fully saturated rings. The van der Waals surface area contributed by atoms with Crippen molar-refractivity contribution in [1.82, 2.24) is 0 Å². The predicted molar refractivity (Wildman–Crippen MR) is 85.6 cm³/mol. The van der Waals surface area contributed by atoms with Crippen LogP contribution in [0.3, 0.4) is 0 Å². The highest BCUT2D eigenvalue weighted by Gasteiger charge is 2.19. The van der Waals surface area contributed by atoms with E-state index in [1.807, 2.05) is 0 Å². The molecule has 0 atom stereocenters. The van der Waals surface area contributed by atoms with Crippen molar-refractivity contribution in [2.75, 3.05) is 6.61 Å². The van der Waals surface area contributed by atoms with E-state index in [0.29, 0.717) is 0 Å². The minimum absolute atomic E-state index is 0.0870. The van der Waals surface area contributed by atoms with Crippen LogP contribution < -0.4 is 4.74 Å². The number of nitro groups is 1. The Labute approximate surface area is 141 Å². The second kappa shape index (κ2) is 7.56. The number of carbonyl (C=O) groups is 2. The quantitative estimate of drug-likeness (QED) is 0.447. The number of carbonyl (C=O) groups excluding carboxylic acids is 2. The molecule has 0 aliphatic rings. The van der Waals surface area contributed by atoms with Crippen molar-refractivity contribution in [2.45, 2.75) is 6.92 Å². The molecule has 0 heterocycles. The van der Waals surface area contributed by atoms with E-state index in [1.165, 1.54) is 49.4 Å². The van der Waals surface area contributed by atoms with Crippen LogP contribution in [0.5, 0.6) is 11.5 Å². The fraction of sp³-hybridized carbons (Fsp3) is 0.125. The molecule has 2 aromatic rings. The maximum Gasteiger partial charge on any atom is 0.338 e. The van der Waals surface area contributed by atoms with Crippen molar-refractivity contribution < 1.29 is 24.0 Å². The van der Waals surface area contributed by atoms with Gasteiger partial charge in [-0.2, -0.15) is 0 Å². The van der Waals surface area contributed by atoms with E-state index in [-0.39, 0.29) is 40.2 Å². The number of nitrogens with zero attached hydrogens (tertiary/aromatic N) is 1. The van der Waals surface area contributed by atoms with Gasteiger partial charge in [-0.05, 0) is 37.3 Å². The maximum atomic E-state index is 11.7. The monoisotopic (exact) mass is 349 g/mol. The molecular formula is C16H12ClNO6. The van der Waals surface area contributed by atoms with Gasteiger partial charge in [-0.25, -0.2) is 4.79 Å². The number of para-hydroxylation sites is 1. The standard InChI is InChI=1S/C16H12ClNO6/c1-10(19)9-23-16(20)11-5-7-12(8-6-11)24-15-13(17)3-2-4-14(15)18(21)22/h2-8H,9H2,1H3. The molecule has 0 bridgehead atoms. The molecule has 0 radical (unpaired) electrons. The lowest BCUT2D eigenvalue weighted by molar-refractivity contribution is -0.385. The number of benzene rings is 2. The Kier molecular flexibility index (Phi) is 5.49. The van der Waals surface area contributed by atoms with Gasteiger partial charge in [0, 0.05) is 6.07 Å². The van der Waals surface area contributed by atoms with Crippen molar-refractivity contribution in [2.24, 2.45) is 0 Å². The van der Waals surface area contributed by atoms with Crippen molar-refractivity contribution in [3.8, 4) is 11.5 Å². The molecule has 0 unspecified atom stereocenters. The van der Waals surface area contributed by atoms with Gasteiger partial charge < -0.3 is 9.47 Å². The van der Waals surface area contributed by atoms with Crippen molar-refractivity contribution in [1.29, 1.82) is 0 Å². The Hall–Kier alpha value is -2.93. The van der Waals surface area contributed by atoms with Crippen LogP contribution in [-0.2, 0) is 9.53 Å². The Morgan fingerprint density at radius 2 is 1.83 bits per heavy atom. The lowest BCUT2D eigenvalue weighted by atomic mass is 10.2. The van der Waals surface area contributed by atoms with Crippen LogP contribution in [0.4, 0.5) is 5.69 Å². The molecule has 0 aromatic heterocycles. The van der Waals surface area contributed by atoms with Crippen molar-refractivity contribution >= 4 is 29.0 Å². The maximum absolute atomic E-state index is 11.7. The van der Waals surface area contributed by atoms with Crippen LogP contribution >= 0.6 is 11.6 Å². The first-order valence-electron chi connectivity index (χ1n) is 6.76. The average molecular weight is 350 g/mol. The summed E-state index contributed by atoms with van der Waals surface area (Å²) in [4.78, 5) is 32.9. The number of rotatable bonds is 6. The van der Waals surface area contributed by atoms with Gasteiger partial charge in [0.1, 0.15) is 12.4 Å². The highest BCUT2D eigenvalue weighted by molar-refractivity contribution is 6.32. The zero-order valence-electron chi connectivity index (χ0n) is 12.5. The van der Waals surface area contributed by atoms with Crippen molar-refractivity contribution in [3.05, 3.63) is 63.2 Å². The van der Waals surface area contributed by atoms with Gasteiger partial charge in [0.25, 0.3) is 0 Å². The number of hydrogen-bond donors (Lipinski definition) is 0. The van der Waals surface area contributed by atoms with E-state index >= 15 is 0 Å². The number of ether oxygens (including phenoxy) is 2. The highest BCUT2D eigenvalue weighted by Crippen LogP contribution is 2.37. The molecular weight excluding hydrogens is 338 g/mol. The summed E-state index contributed by atoms with van der Waals surface area (Å²) in [6.07, 6.45) is 0. The molecule has 2 aromatic carbocycles. The number of halogens is 1. The summed E-state index contributed by atoms with van der Waals surface area (Å²) < 4.78 is 10.2. The van der Waals surface area contributed by atoms with Crippen LogP contribution in [0.2, 0.25) is 5.02 Å². The molecule has 0 saturated carbocycles. The van der Waals surface area contributed by atoms with Gasteiger partial charge >= 0.3 is 11.7 Å². The molecule has 124 valence electrons. The molecule has 0 amide bonds. The number of esters is 1. The third kappa shape index (κ3) is 4.30. The Morgan fingerprint density at radius 1 is 1.17 bits per heavy atom. The number of hydrogen-bond acceptors (Lipinski definition) is 6. The molecule has 0 N–H and O–H groups in total. The normalized spacial score (nSPS) is 10.1. The molecule has 0 aliphatic carbocycles. The Bertz CT molecular complexity index is 788. The van der Waals surface area contributed by atoms with Gasteiger partial charge in [-0.1, -0.05) is 17.7 Å². The van der Waals surface area contributed by atoms with Gasteiger partial charge in [0.2, 0.25) is 5.75 Å². The topological polar surface area (TPSA) is 95.7 Å². The summed E-state index contributed by atoms with van der Waals surface area (Å²) in [5.41, 5.74) is -0.0512. The van der Waals surface area contributed by atoms with Gasteiger partial charge in [-0.3, -0.25) is 14.9 Å². The zero-order chi connectivity index (χ0) is 17.7. The molecule has 2 rings (SSSR count). The molecule has 24 heavy (non-hydrogen) atoms. The van der Waals surface area contributed by atoms with Crippen LogP contribution in [0.25, 0.3) is 0 Å². The second-order valence-electron chi connectivity index (χ2n) is 4.75. The number of nitro benzene ring substituents is 1. The summed E-state index contributed by atoms with van der Waals surface area (Å²) in [6, 6.07) is 9.91. The smallest absolute Gasteiger partial charge is 0.338 e. The van der Waals surface area contributed by atoms with Crippen molar-refractivity contribution in [3.63, 3.8) is 0 Å². The third-order valence-corrected chi connectivity index (χ3v) is 3.16. The van der Waals surface area contributed by atoms with Crippen LogP contribution in [0.15, 0.2) is 42.5 Å². The van der Waals surface area contributed by atoms with Crippen LogP contribution in [0, 0.1) is 10.1 Å². The van der Waals surface area contributed by atoms with E-state index in [2.05, 4.69) is 0 Å². The lowest BCUT2D eigenvalue weighted by Gasteiger charge is -2.08. The summed E-state index contributed by atoms with van der Waals surface area (Å²) >= 11 is 5.94. The molecule has 0 saturated heterocycles. The first-order valence-corrected chi connectivity index (χ1v) is 7.13. The summed E-state index contributed by atoms with van der Waals surface area (Å²) in [6.45, 7) is 1.00.